The first-order chi connectivity index (χ1) is 21.0. The molecule has 0 radical (unpaired) electrons. The van der Waals surface area contributed by atoms with E-state index in [-0.39, 0.29) is 18.2 Å². The van der Waals surface area contributed by atoms with Crippen LogP contribution in [-0.4, -0.2) is 93.1 Å². The maximum absolute atomic E-state index is 13.3. The molecule has 43 heavy (non-hydrogen) atoms. The second kappa shape index (κ2) is 13.2. The summed E-state index contributed by atoms with van der Waals surface area (Å²) < 4.78 is 11.7. The third-order valence-electron chi connectivity index (χ3n) is 9.22. The molecule has 0 saturated carbocycles. The van der Waals surface area contributed by atoms with Crippen LogP contribution in [0.3, 0.4) is 0 Å². The number of amides is 3. The molecule has 4 aliphatic heterocycles. The fourth-order valence-electron chi connectivity index (χ4n) is 6.76. The van der Waals surface area contributed by atoms with E-state index in [2.05, 4.69) is 50.3 Å². The van der Waals surface area contributed by atoms with Gasteiger partial charge in [-0.05, 0) is 81.0 Å². The number of ether oxygens (including phenoxy) is 2. The molecule has 1 unspecified atom stereocenters. The van der Waals surface area contributed by atoms with Crippen LogP contribution in [0.5, 0.6) is 11.5 Å². The number of carbonyl (C=O) groups excluding carboxylic acids is 3. The van der Waals surface area contributed by atoms with E-state index >= 15 is 0 Å². The molecule has 3 fully saturated rings. The van der Waals surface area contributed by atoms with Crippen LogP contribution in [0, 0.1) is 0 Å². The third-order valence-corrected chi connectivity index (χ3v) is 9.22. The lowest BCUT2D eigenvalue weighted by atomic mass is 10.0. The molecule has 4 heterocycles. The van der Waals surface area contributed by atoms with E-state index in [1.807, 2.05) is 6.07 Å². The number of carbonyl (C=O) groups is 3. The Kier molecular flexibility index (Phi) is 9.02. The van der Waals surface area contributed by atoms with Gasteiger partial charge in [0.1, 0.15) is 17.5 Å². The Balaban J connectivity index is 0.952. The van der Waals surface area contributed by atoms with Gasteiger partial charge in [-0.1, -0.05) is 0 Å². The summed E-state index contributed by atoms with van der Waals surface area (Å²) in [4.78, 5) is 46.2. The van der Waals surface area contributed by atoms with Crippen molar-refractivity contribution in [2.24, 2.45) is 0 Å². The molecule has 1 atom stereocenters. The number of fused-ring (bicyclic) bond motifs is 1. The Morgan fingerprint density at radius 1 is 0.860 bits per heavy atom. The maximum Gasteiger partial charge on any atom is 0.258 e. The zero-order chi connectivity index (χ0) is 29.8. The summed E-state index contributed by atoms with van der Waals surface area (Å²) in [5.41, 5.74) is 3.72. The Morgan fingerprint density at radius 3 is 2.33 bits per heavy atom. The molecule has 2 aromatic rings. The van der Waals surface area contributed by atoms with Gasteiger partial charge in [0.25, 0.3) is 5.91 Å². The molecule has 0 spiro atoms. The average Bonchev–Trinajstić information content (AvgIpc) is 3.37. The molecule has 3 amide bonds. The van der Waals surface area contributed by atoms with Gasteiger partial charge in [0, 0.05) is 69.7 Å². The van der Waals surface area contributed by atoms with Crippen molar-refractivity contribution in [3.8, 4) is 11.5 Å². The first kappa shape index (κ1) is 29.3. The number of piperazine rings is 1. The van der Waals surface area contributed by atoms with E-state index in [1.54, 1.807) is 12.0 Å². The first-order valence-corrected chi connectivity index (χ1v) is 15.8. The van der Waals surface area contributed by atoms with Crippen LogP contribution in [0.1, 0.15) is 60.9 Å². The topological polar surface area (TPSA) is 94.7 Å². The lowest BCUT2D eigenvalue weighted by Crippen LogP contribution is -2.52. The van der Waals surface area contributed by atoms with E-state index in [1.165, 1.54) is 24.9 Å². The van der Waals surface area contributed by atoms with Gasteiger partial charge in [0.05, 0.1) is 19.3 Å². The van der Waals surface area contributed by atoms with E-state index in [0.717, 1.165) is 82.3 Å². The van der Waals surface area contributed by atoms with Crippen LogP contribution in [0.15, 0.2) is 36.4 Å². The summed E-state index contributed by atoms with van der Waals surface area (Å²) in [7, 11) is 1.58. The molecule has 6 rings (SSSR count). The summed E-state index contributed by atoms with van der Waals surface area (Å²) >= 11 is 0. The maximum atomic E-state index is 13.3. The molecule has 0 bridgehead atoms. The number of rotatable bonds is 10. The second-order valence-electron chi connectivity index (χ2n) is 12.0. The molecule has 3 saturated heterocycles. The van der Waals surface area contributed by atoms with Crippen molar-refractivity contribution in [1.82, 2.24) is 15.1 Å². The monoisotopic (exact) mass is 589 g/mol. The Bertz CT molecular complexity index is 1320. The highest BCUT2D eigenvalue weighted by atomic mass is 16.5. The third kappa shape index (κ3) is 6.59. The van der Waals surface area contributed by atoms with E-state index in [0.29, 0.717) is 24.3 Å². The first-order valence-electron chi connectivity index (χ1n) is 15.8. The van der Waals surface area contributed by atoms with Gasteiger partial charge >= 0.3 is 0 Å². The largest absolute Gasteiger partial charge is 0.496 e. The number of imide groups is 1. The standard InChI is InChI=1S/C33H43N5O5/c1-42-29-22-26(21-24-23-38(33(41)31(24)29)28-11-12-30(39)34-32(28)40)37-18-16-35(17-19-37)13-5-6-20-43-27-9-7-25(8-10-27)36-14-3-2-4-15-36/h7-10,21-22,28H,2-6,11-20,23H2,1H3,(H,34,39,40). The number of unbranched alkanes of at least 4 members (excludes halogenated alkanes) is 1. The van der Waals surface area contributed by atoms with Crippen molar-refractivity contribution in [2.75, 3.05) is 69.3 Å². The molecular formula is C33H43N5O5. The summed E-state index contributed by atoms with van der Waals surface area (Å²) in [6, 6.07) is 11.9. The van der Waals surface area contributed by atoms with Crippen molar-refractivity contribution in [3.05, 3.63) is 47.5 Å². The highest BCUT2D eigenvalue weighted by Crippen LogP contribution is 2.37. The molecule has 0 aliphatic carbocycles. The number of benzene rings is 2. The van der Waals surface area contributed by atoms with Crippen molar-refractivity contribution in [1.29, 1.82) is 0 Å². The lowest BCUT2D eigenvalue weighted by Gasteiger charge is -2.36. The van der Waals surface area contributed by atoms with Crippen LogP contribution in [0.2, 0.25) is 0 Å². The summed E-state index contributed by atoms with van der Waals surface area (Å²) in [6.07, 6.45) is 6.61. The van der Waals surface area contributed by atoms with Crippen LogP contribution in [-0.2, 0) is 16.1 Å². The highest BCUT2D eigenvalue weighted by Gasteiger charge is 2.41. The zero-order valence-corrected chi connectivity index (χ0v) is 25.2. The number of anilines is 2. The molecule has 2 aromatic carbocycles. The van der Waals surface area contributed by atoms with Gasteiger partial charge in [0.2, 0.25) is 11.8 Å². The fraction of sp³-hybridized carbons (Fsp3) is 0.545. The van der Waals surface area contributed by atoms with Crippen LogP contribution >= 0.6 is 0 Å². The summed E-state index contributed by atoms with van der Waals surface area (Å²) in [5, 5.41) is 2.37. The molecule has 1 N–H and O–H groups in total. The smallest absolute Gasteiger partial charge is 0.258 e. The quantitative estimate of drug-likeness (QED) is 0.333. The van der Waals surface area contributed by atoms with Crippen LogP contribution in [0.25, 0.3) is 0 Å². The molecule has 10 nitrogen and oxygen atoms in total. The SMILES string of the molecule is COc1cc(N2CCN(CCCCOc3ccc(N4CCCCC4)cc3)CC2)cc2c1C(=O)N(C1CCC(=O)NC1=O)C2. The van der Waals surface area contributed by atoms with Crippen molar-refractivity contribution in [3.63, 3.8) is 0 Å². The molecule has 10 heteroatoms. The van der Waals surface area contributed by atoms with Gasteiger partial charge in [-0.2, -0.15) is 0 Å². The predicted molar refractivity (Wildman–Crippen MR) is 165 cm³/mol. The Morgan fingerprint density at radius 2 is 1.60 bits per heavy atom. The minimum atomic E-state index is -0.635. The van der Waals surface area contributed by atoms with Gasteiger partial charge in [-0.25, -0.2) is 0 Å². The van der Waals surface area contributed by atoms with E-state index in [4.69, 9.17) is 9.47 Å². The zero-order valence-electron chi connectivity index (χ0n) is 25.2. The molecule has 230 valence electrons. The van der Waals surface area contributed by atoms with E-state index in [9.17, 15) is 14.4 Å². The Hall–Kier alpha value is -3.79. The summed E-state index contributed by atoms with van der Waals surface area (Å²) in [6.45, 7) is 8.17. The van der Waals surface area contributed by atoms with Gasteiger partial charge in [-0.15, -0.1) is 0 Å². The average molecular weight is 590 g/mol. The van der Waals surface area contributed by atoms with Crippen LogP contribution in [0.4, 0.5) is 11.4 Å². The van der Waals surface area contributed by atoms with Crippen molar-refractivity contribution < 1.29 is 23.9 Å². The fourth-order valence-corrected chi connectivity index (χ4v) is 6.76. The minimum Gasteiger partial charge on any atom is -0.496 e. The predicted octanol–water partition coefficient (Wildman–Crippen LogP) is 3.43. The van der Waals surface area contributed by atoms with Gasteiger partial charge in [0.15, 0.2) is 0 Å². The van der Waals surface area contributed by atoms with E-state index < -0.39 is 11.9 Å². The number of methoxy groups -OCH3 is 1. The summed E-state index contributed by atoms with van der Waals surface area (Å²) in [5.74, 6) is 0.584. The minimum absolute atomic E-state index is 0.212. The number of hydrogen-bond acceptors (Lipinski definition) is 8. The Labute approximate surface area is 253 Å². The number of nitrogens with zero attached hydrogens (tertiary/aromatic N) is 4. The molecular weight excluding hydrogens is 546 g/mol. The van der Waals surface area contributed by atoms with Gasteiger partial charge in [-0.3, -0.25) is 24.6 Å². The second-order valence-corrected chi connectivity index (χ2v) is 12.0. The molecule has 4 aliphatic rings. The number of hydrogen-bond donors (Lipinski definition) is 1. The van der Waals surface area contributed by atoms with Gasteiger partial charge < -0.3 is 24.2 Å². The van der Waals surface area contributed by atoms with Crippen molar-refractivity contribution in [2.45, 2.75) is 57.5 Å². The van der Waals surface area contributed by atoms with Crippen molar-refractivity contribution >= 4 is 29.1 Å². The van der Waals surface area contributed by atoms with Crippen LogP contribution < -0.4 is 24.6 Å². The number of nitrogens with one attached hydrogen (secondary N) is 1. The number of piperidine rings is 2. The lowest BCUT2D eigenvalue weighted by molar-refractivity contribution is -0.136. The normalized spacial score (nSPS) is 21.2. The highest BCUT2D eigenvalue weighted by molar-refractivity contribution is 6.06. The molecule has 0 aromatic heterocycles.